The normalized spacial score (nSPS) is 18.8. The highest BCUT2D eigenvalue weighted by molar-refractivity contribution is 6.07. The molecule has 0 saturated carbocycles. The van der Waals surface area contributed by atoms with Crippen molar-refractivity contribution in [3.63, 3.8) is 0 Å². The molecule has 36 heavy (non-hydrogen) atoms. The van der Waals surface area contributed by atoms with Crippen LogP contribution in [0.1, 0.15) is 34.0 Å². The number of carbonyl (C=O) groups excluding carboxylic acids is 5. The van der Waals surface area contributed by atoms with Gasteiger partial charge in [-0.05, 0) is 42.3 Å². The first-order chi connectivity index (χ1) is 17.2. The quantitative estimate of drug-likeness (QED) is 0.265. The molecule has 11 heteroatoms. The van der Waals surface area contributed by atoms with Crippen LogP contribution >= 0.6 is 0 Å². The molecule has 2 atom stereocenters. The molecule has 4 N–H and O–H groups in total. The number of hydrogen-bond acceptors (Lipinski definition) is 6. The highest BCUT2D eigenvalue weighted by Gasteiger charge is 2.43. The Morgan fingerprint density at radius 2 is 2.06 bits per heavy atom. The average molecular weight is 489 g/mol. The van der Waals surface area contributed by atoms with Gasteiger partial charge in [-0.1, -0.05) is 30.0 Å². The Morgan fingerprint density at radius 1 is 1.25 bits per heavy atom. The zero-order chi connectivity index (χ0) is 25.9. The zero-order valence-corrected chi connectivity index (χ0v) is 19.5. The van der Waals surface area contributed by atoms with Gasteiger partial charge in [0.25, 0.3) is 11.8 Å². The fraction of sp³-hybridized carbons (Fsp3) is 0.240. The molecule has 0 aromatic heterocycles. The molecule has 184 valence electrons. The van der Waals surface area contributed by atoms with E-state index in [0.29, 0.717) is 29.0 Å². The zero-order valence-electron chi connectivity index (χ0n) is 19.5. The molecular formula is C25H23N5O6. The predicted molar refractivity (Wildman–Crippen MR) is 127 cm³/mol. The number of imide groups is 2. The van der Waals surface area contributed by atoms with Crippen molar-refractivity contribution in [3.05, 3.63) is 64.7 Å². The van der Waals surface area contributed by atoms with E-state index < -0.39 is 29.6 Å². The summed E-state index contributed by atoms with van der Waals surface area (Å²) < 4.78 is 5.20. The SMILES string of the molecule is COc1ccc2c(c1)C(=O)N(C[C@@H](C#Cc1cccc(C3(C)NC(=O)NC3=O)c1)NC(=O)NC=O)C2. The van der Waals surface area contributed by atoms with Crippen molar-refractivity contribution in [1.82, 2.24) is 26.2 Å². The predicted octanol–water partition coefficient (Wildman–Crippen LogP) is 0.582. The first kappa shape index (κ1) is 24.3. The smallest absolute Gasteiger partial charge is 0.322 e. The molecule has 2 aliphatic heterocycles. The van der Waals surface area contributed by atoms with E-state index in [1.807, 2.05) is 11.4 Å². The molecule has 1 fully saturated rings. The van der Waals surface area contributed by atoms with Gasteiger partial charge in [-0.2, -0.15) is 0 Å². The molecule has 0 spiro atoms. The van der Waals surface area contributed by atoms with Crippen molar-refractivity contribution in [2.24, 2.45) is 0 Å². The number of rotatable bonds is 6. The molecule has 0 bridgehead atoms. The number of nitrogens with zero attached hydrogens (tertiary/aromatic N) is 1. The highest BCUT2D eigenvalue weighted by atomic mass is 16.5. The topological polar surface area (TPSA) is 146 Å². The lowest BCUT2D eigenvalue weighted by atomic mass is 9.91. The van der Waals surface area contributed by atoms with Crippen molar-refractivity contribution >= 4 is 30.3 Å². The summed E-state index contributed by atoms with van der Waals surface area (Å²) >= 11 is 0. The van der Waals surface area contributed by atoms with Gasteiger partial charge in [0.2, 0.25) is 6.41 Å². The second-order valence-corrected chi connectivity index (χ2v) is 8.38. The van der Waals surface area contributed by atoms with Gasteiger partial charge in [0, 0.05) is 17.7 Å². The minimum atomic E-state index is -1.24. The van der Waals surface area contributed by atoms with Gasteiger partial charge in [0.1, 0.15) is 17.3 Å². The number of urea groups is 2. The van der Waals surface area contributed by atoms with Crippen LogP contribution in [-0.4, -0.2) is 54.9 Å². The molecule has 1 saturated heterocycles. The number of carbonyl (C=O) groups is 5. The van der Waals surface area contributed by atoms with E-state index in [0.717, 1.165) is 5.56 Å². The van der Waals surface area contributed by atoms with Gasteiger partial charge in [0.15, 0.2) is 0 Å². The van der Waals surface area contributed by atoms with Crippen LogP contribution in [0.25, 0.3) is 0 Å². The molecule has 4 rings (SSSR count). The molecule has 2 aliphatic rings. The van der Waals surface area contributed by atoms with Gasteiger partial charge in [-0.3, -0.25) is 25.0 Å². The van der Waals surface area contributed by atoms with Crippen LogP contribution in [0.3, 0.4) is 0 Å². The number of fused-ring (bicyclic) bond motifs is 1. The van der Waals surface area contributed by atoms with Gasteiger partial charge in [-0.25, -0.2) is 9.59 Å². The summed E-state index contributed by atoms with van der Waals surface area (Å²) in [7, 11) is 1.52. The maximum Gasteiger partial charge on any atom is 0.322 e. The fourth-order valence-electron chi connectivity index (χ4n) is 4.04. The second kappa shape index (κ2) is 9.79. The van der Waals surface area contributed by atoms with Crippen LogP contribution in [0.2, 0.25) is 0 Å². The third-order valence-corrected chi connectivity index (χ3v) is 5.97. The minimum absolute atomic E-state index is 0.0605. The number of benzene rings is 2. The molecule has 2 heterocycles. The van der Waals surface area contributed by atoms with Gasteiger partial charge in [-0.15, -0.1) is 0 Å². The van der Waals surface area contributed by atoms with Crippen LogP contribution in [0.15, 0.2) is 42.5 Å². The summed E-state index contributed by atoms with van der Waals surface area (Å²) in [5.74, 6) is 5.72. The van der Waals surface area contributed by atoms with Crippen molar-refractivity contribution < 1.29 is 28.7 Å². The lowest BCUT2D eigenvalue weighted by Crippen LogP contribution is -2.46. The van der Waals surface area contributed by atoms with E-state index in [9.17, 15) is 24.0 Å². The van der Waals surface area contributed by atoms with E-state index in [-0.39, 0.29) is 18.9 Å². The van der Waals surface area contributed by atoms with Crippen molar-refractivity contribution in [2.75, 3.05) is 13.7 Å². The number of methoxy groups -OCH3 is 1. The average Bonchev–Trinajstić information content (AvgIpc) is 3.31. The third-order valence-electron chi connectivity index (χ3n) is 5.97. The Morgan fingerprint density at radius 3 is 2.75 bits per heavy atom. The number of nitrogens with one attached hydrogen (secondary N) is 4. The van der Waals surface area contributed by atoms with Gasteiger partial charge in [0.05, 0.1) is 13.7 Å². The fourth-order valence-corrected chi connectivity index (χ4v) is 4.04. The molecular weight excluding hydrogens is 466 g/mol. The maximum atomic E-state index is 12.9. The lowest BCUT2D eigenvalue weighted by Gasteiger charge is -2.21. The number of hydrogen-bond donors (Lipinski definition) is 4. The standard InChI is InChI=1S/C25H23N5O6/c1-25(22(33)28-24(35)29-25)17-5-3-4-15(10-17)6-8-18(27-23(34)26-14-31)13-30-12-16-7-9-19(36-2)11-20(16)21(30)32/h3-5,7,9-11,14,18H,12-13H2,1-2H3,(H2,26,27,31,34)(H2,28,29,33,35)/t18-,25?/m1/s1. The van der Waals surface area contributed by atoms with Crippen LogP contribution < -0.4 is 26.0 Å². The minimum Gasteiger partial charge on any atom is -0.497 e. The Balaban J connectivity index is 1.56. The van der Waals surface area contributed by atoms with E-state index in [1.54, 1.807) is 48.2 Å². The molecule has 0 aliphatic carbocycles. The second-order valence-electron chi connectivity index (χ2n) is 8.38. The van der Waals surface area contributed by atoms with E-state index in [2.05, 4.69) is 27.8 Å². The van der Waals surface area contributed by atoms with Crippen molar-refractivity contribution in [2.45, 2.75) is 25.0 Å². The van der Waals surface area contributed by atoms with Crippen LogP contribution in [0.5, 0.6) is 5.75 Å². The molecule has 7 amide bonds. The monoisotopic (exact) mass is 489 g/mol. The number of amides is 7. The van der Waals surface area contributed by atoms with Crippen LogP contribution in [0.4, 0.5) is 9.59 Å². The Labute approximate surface area is 206 Å². The maximum absolute atomic E-state index is 12.9. The molecule has 2 aromatic carbocycles. The van der Waals surface area contributed by atoms with E-state index in [1.165, 1.54) is 7.11 Å². The third kappa shape index (κ3) is 4.83. The highest BCUT2D eigenvalue weighted by Crippen LogP contribution is 2.27. The first-order valence-corrected chi connectivity index (χ1v) is 11.0. The van der Waals surface area contributed by atoms with Crippen LogP contribution in [0, 0.1) is 11.8 Å². The Bertz CT molecular complexity index is 1330. The Kier molecular flexibility index (Phi) is 6.60. The summed E-state index contributed by atoms with van der Waals surface area (Å²) in [5.41, 5.74) is 1.13. The Hall–Kier alpha value is -4.85. The van der Waals surface area contributed by atoms with Crippen molar-refractivity contribution in [3.8, 4) is 17.6 Å². The van der Waals surface area contributed by atoms with E-state index >= 15 is 0 Å². The molecule has 0 radical (unpaired) electrons. The summed E-state index contributed by atoms with van der Waals surface area (Å²) in [6.45, 7) is 1.97. The summed E-state index contributed by atoms with van der Waals surface area (Å²) in [6.07, 6.45) is 0.244. The summed E-state index contributed by atoms with van der Waals surface area (Å²) in [5, 5.41) is 9.39. The lowest BCUT2D eigenvalue weighted by molar-refractivity contribution is -0.123. The van der Waals surface area contributed by atoms with Crippen molar-refractivity contribution in [1.29, 1.82) is 0 Å². The summed E-state index contributed by atoms with van der Waals surface area (Å²) in [4.78, 5) is 61.1. The van der Waals surface area contributed by atoms with Gasteiger partial charge < -0.3 is 20.3 Å². The molecule has 11 nitrogen and oxygen atoms in total. The first-order valence-electron chi connectivity index (χ1n) is 11.0. The molecule has 2 aromatic rings. The van der Waals surface area contributed by atoms with E-state index in [4.69, 9.17) is 4.74 Å². The summed E-state index contributed by atoms with van der Waals surface area (Å²) in [6, 6.07) is 9.82. The largest absolute Gasteiger partial charge is 0.497 e. The number of ether oxygens (including phenoxy) is 1. The van der Waals surface area contributed by atoms with Gasteiger partial charge >= 0.3 is 12.1 Å². The van der Waals surface area contributed by atoms with Crippen LogP contribution in [-0.2, 0) is 21.7 Å². The molecule has 1 unspecified atom stereocenters.